The molecule has 0 aliphatic carbocycles. The summed E-state index contributed by atoms with van der Waals surface area (Å²) < 4.78 is 10.5. The van der Waals surface area contributed by atoms with Crippen LogP contribution in [0.3, 0.4) is 0 Å². The fourth-order valence-corrected chi connectivity index (χ4v) is 2.97. The van der Waals surface area contributed by atoms with Crippen LogP contribution in [-0.4, -0.2) is 23.5 Å². The zero-order valence-corrected chi connectivity index (χ0v) is 13.3. The highest BCUT2D eigenvalue weighted by Crippen LogP contribution is 2.28. The van der Waals surface area contributed by atoms with Crippen LogP contribution in [0.2, 0.25) is 0 Å². The summed E-state index contributed by atoms with van der Waals surface area (Å²) >= 11 is 0. The smallest absolute Gasteiger partial charge is 0.417 e. The molecule has 5 heteroatoms. The molecule has 1 atom stereocenters. The molecule has 2 aromatic carbocycles. The zero-order chi connectivity index (χ0) is 17.2. The largest absolute Gasteiger partial charge is 0.464 e. The lowest BCUT2D eigenvalue weighted by molar-refractivity contribution is -0.124. The first kappa shape index (κ1) is 15.2. The molecule has 1 unspecified atom stereocenters. The van der Waals surface area contributed by atoms with Gasteiger partial charge in [-0.05, 0) is 17.7 Å². The molecule has 0 N–H and O–H groups in total. The Labute approximate surface area is 144 Å². The van der Waals surface area contributed by atoms with Crippen molar-refractivity contribution in [3.05, 3.63) is 78.1 Å². The van der Waals surface area contributed by atoms with Gasteiger partial charge in [-0.2, -0.15) is 0 Å². The Morgan fingerprint density at radius 3 is 2.76 bits per heavy atom. The highest BCUT2D eigenvalue weighted by Gasteiger charge is 2.37. The Kier molecular flexibility index (Phi) is 3.82. The van der Waals surface area contributed by atoms with Crippen LogP contribution in [-0.2, 0) is 9.53 Å². The number of ether oxygens (including phenoxy) is 1. The molecule has 3 aromatic rings. The first-order valence-electron chi connectivity index (χ1n) is 7.93. The molecule has 2 heterocycles. The lowest BCUT2D eigenvalue weighted by Gasteiger charge is -2.18. The topological polar surface area (TPSA) is 59.8 Å². The number of nitrogens with zero attached hydrogens (tertiary/aromatic N) is 1. The van der Waals surface area contributed by atoms with Gasteiger partial charge >= 0.3 is 6.09 Å². The molecule has 0 saturated carbocycles. The number of hydrogen-bond donors (Lipinski definition) is 0. The number of benzene rings is 2. The van der Waals surface area contributed by atoms with Crippen LogP contribution in [0.25, 0.3) is 17.0 Å². The molecular formula is C20H15NO4. The van der Waals surface area contributed by atoms with E-state index in [9.17, 15) is 9.59 Å². The van der Waals surface area contributed by atoms with E-state index >= 15 is 0 Å². The zero-order valence-electron chi connectivity index (χ0n) is 13.3. The van der Waals surface area contributed by atoms with Gasteiger partial charge in [0.15, 0.2) is 0 Å². The lowest BCUT2D eigenvalue weighted by Crippen LogP contribution is -2.32. The Morgan fingerprint density at radius 1 is 1.08 bits per heavy atom. The van der Waals surface area contributed by atoms with Gasteiger partial charge < -0.3 is 9.15 Å². The van der Waals surface area contributed by atoms with Crippen molar-refractivity contribution in [1.29, 1.82) is 0 Å². The number of cyclic esters (lactones) is 1. The van der Waals surface area contributed by atoms with Crippen LogP contribution in [0.15, 0.2) is 71.4 Å². The normalized spacial score (nSPS) is 17.4. The minimum Gasteiger partial charge on any atom is -0.464 e. The molecular weight excluding hydrogens is 318 g/mol. The number of furan rings is 1. The van der Waals surface area contributed by atoms with E-state index < -0.39 is 18.0 Å². The second-order valence-electron chi connectivity index (χ2n) is 5.73. The van der Waals surface area contributed by atoms with E-state index in [2.05, 4.69) is 0 Å². The maximum Gasteiger partial charge on any atom is 0.417 e. The van der Waals surface area contributed by atoms with Gasteiger partial charge in [-0.25, -0.2) is 9.69 Å². The van der Waals surface area contributed by atoms with Gasteiger partial charge in [0.05, 0.1) is 6.26 Å². The fraction of sp³-hybridized carbons (Fsp3) is 0.100. The number of hydrogen-bond acceptors (Lipinski definition) is 4. The van der Waals surface area contributed by atoms with Gasteiger partial charge in [-0.3, -0.25) is 4.79 Å². The van der Waals surface area contributed by atoms with Crippen molar-refractivity contribution in [2.75, 3.05) is 6.61 Å². The SMILES string of the molecule is O=C(/C=C/c1cccc2ccoc12)N1C(=O)OCC1c1ccccc1. The molecule has 0 bridgehead atoms. The van der Waals surface area contributed by atoms with Crippen molar-refractivity contribution in [3.63, 3.8) is 0 Å². The van der Waals surface area contributed by atoms with E-state index in [1.165, 1.54) is 6.08 Å². The molecule has 2 amide bonds. The minimum absolute atomic E-state index is 0.163. The number of carbonyl (C=O) groups excluding carboxylic acids is 2. The van der Waals surface area contributed by atoms with Crippen LogP contribution in [0, 0.1) is 0 Å². The molecule has 124 valence electrons. The second-order valence-corrected chi connectivity index (χ2v) is 5.73. The standard InChI is InChI=1S/C20H15NO4/c22-18(10-9-15-7-4-8-16-11-12-24-19(15)16)21-17(13-25-20(21)23)14-5-2-1-3-6-14/h1-12,17H,13H2/b10-9+. The molecule has 1 aliphatic heterocycles. The van der Waals surface area contributed by atoms with Crippen molar-refractivity contribution in [2.45, 2.75) is 6.04 Å². The molecule has 1 aromatic heterocycles. The third-order valence-electron chi connectivity index (χ3n) is 4.21. The number of carbonyl (C=O) groups is 2. The van der Waals surface area contributed by atoms with Crippen molar-refractivity contribution < 1.29 is 18.7 Å². The number of rotatable bonds is 3. The average molecular weight is 333 g/mol. The van der Waals surface area contributed by atoms with E-state index in [0.29, 0.717) is 5.58 Å². The van der Waals surface area contributed by atoms with Crippen molar-refractivity contribution >= 4 is 29.0 Å². The van der Waals surface area contributed by atoms with Crippen LogP contribution in [0.5, 0.6) is 0 Å². The van der Waals surface area contributed by atoms with Gasteiger partial charge in [0.25, 0.3) is 5.91 Å². The number of para-hydroxylation sites is 1. The molecule has 1 fully saturated rings. The Morgan fingerprint density at radius 2 is 1.92 bits per heavy atom. The Hall–Kier alpha value is -3.34. The summed E-state index contributed by atoms with van der Waals surface area (Å²) in [4.78, 5) is 25.8. The lowest BCUT2D eigenvalue weighted by atomic mass is 10.1. The second kappa shape index (κ2) is 6.28. The third-order valence-corrected chi connectivity index (χ3v) is 4.21. The number of imide groups is 1. The first-order chi connectivity index (χ1) is 12.2. The fourth-order valence-electron chi connectivity index (χ4n) is 2.97. The quantitative estimate of drug-likeness (QED) is 0.675. The Bertz CT molecular complexity index is 958. The predicted molar refractivity (Wildman–Crippen MR) is 92.6 cm³/mol. The Balaban J connectivity index is 1.61. The molecule has 4 rings (SSSR count). The summed E-state index contributed by atoms with van der Waals surface area (Å²) in [5.41, 5.74) is 2.35. The summed E-state index contributed by atoms with van der Waals surface area (Å²) in [5.74, 6) is -0.417. The van der Waals surface area contributed by atoms with Gasteiger partial charge in [0, 0.05) is 17.0 Å². The van der Waals surface area contributed by atoms with Gasteiger partial charge in [-0.1, -0.05) is 48.5 Å². The van der Waals surface area contributed by atoms with E-state index in [-0.39, 0.29) is 6.61 Å². The first-order valence-corrected chi connectivity index (χ1v) is 7.93. The van der Waals surface area contributed by atoms with Crippen molar-refractivity contribution in [2.24, 2.45) is 0 Å². The van der Waals surface area contributed by atoms with Gasteiger partial charge in [-0.15, -0.1) is 0 Å². The molecule has 25 heavy (non-hydrogen) atoms. The summed E-state index contributed by atoms with van der Waals surface area (Å²) in [6.45, 7) is 0.163. The van der Waals surface area contributed by atoms with Crippen LogP contribution < -0.4 is 0 Å². The van der Waals surface area contributed by atoms with E-state index in [1.54, 1.807) is 12.3 Å². The summed E-state index contributed by atoms with van der Waals surface area (Å²) in [5, 5.41) is 0.956. The number of fused-ring (bicyclic) bond motifs is 1. The van der Waals surface area contributed by atoms with Gasteiger partial charge in [0.1, 0.15) is 18.2 Å². The number of amides is 2. The minimum atomic E-state index is -0.625. The maximum atomic E-state index is 12.6. The third kappa shape index (κ3) is 2.80. The molecule has 0 spiro atoms. The van der Waals surface area contributed by atoms with Crippen LogP contribution in [0.1, 0.15) is 17.2 Å². The summed E-state index contributed by atoms with van der Waals surface area (Å²) in [6.07, 6.45) is 4.01. The molecule has 1 aliphatic rings. The monoisotopic (exact) mass is 333 g/mol. The highest BCUT2D eigenvalue weighted by molar-refractivity contribution is 6.03. The molecule has 1 saturated heterocycles. The average Bonchev–Trinajstić information content (AvgIpc) is 3.27. The van der Waals surface area contributed by atoms with E-state index in [0.717, 1.165) is 21.4 Å². The highest BCUT2D eigenvalue weighted by atomic mass is 16.6. The molecule has 5 nitrogen and oxygen atoms in total. The van der Waals surface area contributed by atoms with E-state index in [1.807, 2.05) is 54.6 Å². The van der Waals surface area contributed by atoms with Crippen molar-refractivity contribution in [1.82, 2.24) is 4.90 Å². The van der Waals surface area contributed by atoms with Crippen LogP contribution in [0.4, 0.5) is 4.79 Å². The summed E-state index contributed by atoms with van der Waals surface area (Å²) in [6, 6.07) is 16.5. The van der Waals surface area contributed by atoms with E-state index in [4.69, 9.17) is 9.15 Å². The predicted octanol–water partition coefficient (Wildman–Crippen LogP) is 4.17. The summed E-state index contributed by atoms with van der Waals surface area (Å²) in [7, 11) is 0. The maximum absolute atomic E-state index is 12.6. The molecule has 0 radical (unpaired) electrons. The van der Waals surface area contributed by atoms with Crippen molar-refractivity contribution in [3.8, 4) is 0 Å². The van der Waals surface area contributed by atoms with Crippen LogP contribution >= 0.6 is 0 Å². The van der Waals surface area contributed by atoms with Gasteiger partial charge in [0.2, 0.25) is 0 Å².